The number of carboxylic acid groups (broad SMARTS) is 1. The molecule has 1 aliphatic heterocycles. The van der Waals surface area contributed by atoms with Crippen molar-refractivity contribution in [1.82, 2.24) is 0 Å². The van der Waals surface area contributed by atoms with Crippen molar-refractivity contribution < 1.29 is 9.90 Å². The fourth-order valence-corrected chi connectivity index (χ4v) is 2.24. The van der Waals surface area contributed by atoms with E-state index in [1.54, 1.807) is 6.07 Å². The average molecular weight is 219 g/mol. The lowest BCUT2D eigenvalue weighted by atomic mass is 10.1. The van der Waals surface area contributed by atoms with Gasteiger partial charge in [-0.05, 0) is 49.9 Å². The molecule has 0 spiro atoms. The molecule has 3 heteroatoms. The molecule has 2 rings (SSSR count). The van der Waals surface area contributed by atoms with Crippen LogP contribution in [0.25, 0.3) is 0 Å². The normalized spacial score (nSPS) is 16.2. The monoisotopic (exact) mass is 219 g/mol. The van der Waals surface area contributed by atoms with Gasteiger partial charge in [0.15, 0.2) is 0 Å². The number of aryl methyl sites for hydroxylation is 1. The highest BCUT2D eigenvalue weighted by molar-refractivity contribution is 5.89. The molecule has 0 amide bonds. The highest BCUT2D eigenvalue weighted by Gasteiger charge is 2.13. The summed E-state index contributed by atoms with van der Waals surface area (Å²) in [6.07, 6.45) is 3.78. The van der Waals surface area contributed by atoms with Crippen molar-refractivity contribution in [2.24, 2.45) is 0 Å². The first-order valence-electron chi connectivity index (χ1n) is 5.77. The van der Waals surface area contributed by atoms with Crippen molar-refractivity contribution in [3.8, 4) is 0 Å². The number of hydrogen-bond acceptors (Lipinski definition) is 2. The Balaban J connectivity index is 2.23. The van der Waals surface area contributed by atoms with Crippen molar-refractivity contribution in [2.75, 3.05) is 18.0 Å². The Labute approximate surface area is 95.7 Å². The predicted octanol–water partition coefficient (Wildman–Crippen LogP) is 2.68. The van der Waals surface area contributed by atoms with E-state index in [0.29, 0.717) is 5.56 Å². The van der Waals surface area contributed by atoms with Crippen LogP contribution in [0.2, 0.25) is 0 Å². The van der Waals surface area contributed by atoms with Gasteiger partial charge in [-0.2, -0.15) is 0 Å². The molecule has 0 saturated carbocycles. The second-order valence-corrected chi connectivity index (χ2v) is 4.35. The average Bonchev–Trinajstić information content (AvgIpc) is 2.29. The number of carbonyl (C=O) groups is 1. The Morgan fingerprint density at radius 1 is 1.25 bits per heavy atom. The standard InChI is InChI=1S/C13H17NO2/c1-10-9-11(5-6-12(10)13(15)16)14-7-3-2-4-8-14/h5-6,9H,2-4,7-8H2,1H3,(H,15,16). The van der Waals surface area contributed by atoms with Crippen LogP contribution >= 0.6 is 0 Å². The van der Waals surface area contributed by atoms with E-state index in [1.165, 1.54) is 19.3 Å². The third-order valence-corrected chi connectivity index (χ3v) is 3.16. The number of piperidine rings is 1. The molecule has 0 bridgehead atoms. The minimum atomic E-state index is -0.845. The molecule has 1 aromatic carbocycles. The zero-order valence-corrected chi connectivity index (χ0v) is 9.57. The van der Waals surface area contributed by atoms with Crippen LogP contribution in [-0.4, -0.2) is 24.2 Å². The molecular weight excluding hydrogens is 202 g/mol. The van der Waals surface area contributed by atoms with E-state index in [0.717, 1.165) is 24.3 Å². The van der Waals surface area contributed by atoms with Crippen molar-refractivity contribution in [2.45, 2.75) is 26.2 Å². The number of anilines is 1. The Morgan fingerprint density at radius 2 is 1.94 bits per heavy atom. The lowest BCUT2D eigenvalue weighted by Crippen LogP contribution is -2.29. The molecule has 16 heavy (non-hydrogen) atoms. The first-order chi connectivity index (χ1) is 7.68. The summed E-state index contributed by atoms with van der Waals surface area (Å²) >= 11 is 0. The maximum Gasteiger partial charge on any atom is 0.335 e. The van der Waals surface area contributed by atoms with Gasteiger partial charge in [0.2, 0.25) is 0 Å². The first-order valence-corrected chi connectivity index (χ1v) is 5.77. The minimum Gasteiger partial charge on any atom is -0.478 e. The van der Waals surface area contributed by atoms with E-state index in [4.69, 9.17) is 5.11 Å². The maximum absolute atomic E-state index is 10.9. The van der Waals surface area contributed by atoms with E-state index < -0.39 is 5.97 Å². The summed E-state index contributed by atoms with van der Waals surface area (Å²) in [6.45, 7) is 4.04. The zero-order valence-electron chi connectivity index (χ0n) is 9.57. The van der Waals surface area contributed by atoms with Crippen molar-refractivity contribution in [1.29, 1.82) is 0 Å². The molecule has 1 saturated heterocycles. The van der Waals surface area contributed by atoms with Crippen molar-refractivity contribution >= 4 is 11.7 Å². The largest absolute Gasteiger partial charge is 0.478 e. The second-order valence-electron chi connectivity index (χ2n) is 4.35. The molecular formula is C13H17NO2. The summed E-state index contributed by atoms with van der Waals surface area (Å²) in [7, 11) is 0. The molecule has 3 nitrogen and oxygen atoms in total. The molecule has 0 radical (unpaired) electrons. The van der Waals surface area contributed by atoms with Gasteiger partial charge in [-0.25, -0.2) is 4.79 Å². The Bertz CT molecular complexity index is 395. The third-order valence-electron chi connectivity index (χ3n) is 3.16. The molecule has 1 N–H and O–H groups in total. The topological polar surface area (TPSA) is 40.5 Å². The number of aromatic carboxylic acids is 1. The fourth-order valence-electron chi connectivity index (χ4n) is 2.24. The summed E-state index contributed by atoms with van der Waals surface area (Å²) in [5.41, 5.74) is 2.40. The molecule has 86 valence electrons. The quantitative estimate of drug-likeness (QED) is 0.831. The molecule has 1 aromatic rings. The number of carboxylic acids is 1. The fraction of sp³-hybridized carbons (Fsp3) is 0.462. The number of nitrogens with zero attached hydrogens (tertiary/aromatic N) is 1. The highest BCUT2D eigenvalue weighted by atomic mass is 16.4. The predicted molar refractivity (Wildman–Crippen MR) is 64.2 cm³/mol. The Kier molecular flexibility index (Phi) is 3.13. The smallest absolute Gasteiger partial charge is 0.335 e. The van der Waals surface area contributed by atoms with Crippen molar-refractivity contribution in [3.05, 3.63) is 29.3 Å². The molecule has 1 aliphatic rings. The van der Waals surface area contributed by atoms with E-state index in [9.17, 15) is 4.79 Å². The third kappa shape index (κ3) is 2.18. The number of hydrogen-bond donors (Lipinski definition) is 1. The highest BCUT2D eigenvalue weighted by Crippen LogP contribution is 2.22. The molecule has 0 aliphatic carbocycles. The lowest BCUT2D eigenvalue weighted by Gasteiger charge is -2.29. The molecule has 1 heterocycles. The van der Waals surface area contributed by atoms with Gasteiger partial charge in [0.25, 0.3) is 0 Å². The minimum absolute atomic E-state index is 0.403. The summed E-state index contributed by atoms with van der Waals surface area (Å²) < 4.78 is 0. The summed E-state index contributed by atoms with van der Waals surface area (Å²) in [4.78, 5) is 13.2. The first kappa shape index (κ1) is 11.0. The lowest BCUT2D eigenvalue weighted by molar-refractivity contribution is 0.0696. The van der Waals surface area contributed by atoms with E-state index in [2.05, 4.69) is 4.90 Å². The van der Waals surface area contributed by atoms with Gasteiger partial charge < -0.3 is 10.0 Å². The van der Waals surface area contributed by atoms with E-state index in [-0.39, 0.29) is 0 Å². The summed E-state index contributed by atoms with van der Waals surface area (Å²) in [6, 6.07) is 5.61. The van der Waals surface area contributed by atoms with Crippen LogP contribution in [0.3, 0.4) is 0 Å². The molecule has 0 unspecified atom stereocenters. The van der Waals surface area contributed by atoms with Crippen LogP contribution in [0.15, 0.2) is 18.2 Å². The van der Waals surface area contributed by atoms with Crippen LogP contribution in [-0.2, 0) is 0 Å². The maximum atomic E-state index is 10.9. The van der Waals surface area contributed by atoms with Crippen molar-refractivity contribution in [3.63, 3.8) is 0 Å². The van der Waals surface area contributed by atoms with E-state index >= 15 is 0 Å². The summed E-state index contributed by atoms with van der Waals surface area (Å²) in [5, 5.41) is 8.95. The molecule has 0 aromatic heterocycles. The van der Waals surface area contributed by atoms with Crippen LogP contribution in [0.4, 0.5) is 5.69 Å². The van der Waals surface area contributed by atoms with Gasteiger partial charge in [0, 0.05) is 18.8 Å². The van der Waals surface area contributed by atoms with Crippen LogP contribution in [0, 0.1) is 6.92 Å². The van der Waals surface area contributed by atoms with Gasteiger partial charge in [-0.3, -0.25) is 0 Å². The Morgan fingerprint density at radius 3 is 2.50 bits per heavy atom. The van der Waals surface area contributed by atoms with Crippen LogP contribution < -0.4 is 4.90 Å². The van der Waals surface area contributed by atoms with E-state index in [1.807, 2.05) is 19.1 Å². The second kappa shape index (κ2) is 4.56. The van der Waals surface area contributed by atoms with Crippen LogP contribution in [0.5, 0.6) is 0 Å². The molecule has 1 fully saturated rings. The van der Waals surface area contributed by atoms with Gasteiger partial charge in [0.1, 0.15) is 0 Å². The van der Waals surface area contributed by atoms with Crippen LogP contribution in [0.1, 0.15) is 35.2 Å². The van der Waals surface area contributed by atoms with Gasteiger partial charge in [0.05, 0.1) is 5.56 Å². The zero-order chi connectivity index (χ0) is 11.5. The summed E-state index contributed by atoms with van der Waals surface area (Å²) in [5.74, 6) is -0.845. The Hall–Kier alpha value is -1.51. The molecule has 0 atom stereocenters. The van der Waals surface area contributed by atoms with Gasteiger partial charge in [-0.15, -0.1) is 0 Å². The van der Waals surface area contributed by atoms with Gasteiger partial charge in [-0.1, -0.05) is 0 Å². The van der Waals surface area contributed by atoms with Gasteiger partial charge >= 0.3 is 5.97 Å². The number of rotatable bonds is 2. The number of benzene rings is 1. The SMILES string of the molecule is Cc1cc(N2CCCCC2)ccc1C(=O)O.